The lowest BCUT2D eigenvalue weighted by atomic mass is 10.1. The van der Waals surface area contributed by atoms with E-state index in [0.29, 0.717) is 16.8 Å². The molecule has 0 radical (unpaired) electrons. The Morgan fingerprint density at radius 2 is 2.26 bits per heavy atom. The number of hydrogen-bond donors (Lipinski definition) is 3. The predicted molar refractivity (Wildman–Crippen MR) is 110 cm³/mol. The highest BCUT2D eigenvalue weighted by Gasteiger charge is 2.19. The van der Waals surface area contributed by atoms with Crippen molar-refractivity contribution in [2.24, 2.45) is 5.73 Å². The van der Waals surface area contributed by atoms with Gasteiger partial charge in [-0.25, -0.2) is 0 Å². The largest absolute Gasteiger partial charge is 0.369 e. The topological polar surface area (TPSA) is 92.9 Å². The molecule has 1 aromatic carbocycles. The van der Waals surface area contributed by atoms with E-state index in [4.69, 9.17) is 17.3 Å². The summed E-state index contributed by atoms with van der Waals surface area (Å²) in [5.41, 5.74) is 7.04. The standard InChI is InChI=1S/C19H20ClN5OS/c20-12-4-1-3-11(7-12)16-8-14-18(27-16)15(9-17(21)26)24-25-19(14)23-13-5-2-6-22-10-13/h1,3-4,7-8,13,22H,2,5-6,9-10H2,(H2,21,26)(H,23,25). The van der Waals surface area contributed by atoms with E-state index < -0.39 is 5.91 Å². The van der Waals surface area contributed by atoms with Crippen molar-refractivity contribution in [1.82, 2.24) is 15.5 Å². The Morgan fingerprint density at radius 1 is 1.37 bits per heavy atom. The zero-order valence-electron chi connectivity index (χ0n) is 14.7. The Bertz CT molecular complexity index is 983. The summed E-state index contributed by atoms with van der Waals surface area (Å²) in [5.74, 6) is 0.331. The molecule has 2 aromatic heterocycles. The number of primary amides is 1. The van der Waals surface area contributed by atoms with Crippen molar-refractivity contribution in [3.05, 3.63) is 41.0 Å². The van der Waals surface area contributed by atoms with E-state index in [1.54, 1.807) is 11.3 Å². The van der Waals surface area contributed by atoms with E-state index in [0.717, 1.165) is 52.3 Å². The molecule has 27 heavy (non-hydrogen) atoms. The van der Waals surface area contributed by atoms with Crippen LogP contribution >= 0.6 is 22.9 Å². The van der Waals surface area contributed by atoms with Crippen molar-refractivity contribution in [2.45, 2.75) is 25.3 Å². The molecule has 1 aliphatic heterocycles. The number of carbonyl (C=O) groups excluding carboxylic acids is 1. The molecular weight excluding hydrogens is 382 g/mol. The second-order valence-electron chi connectivity index (χ2n) is 6.69. The minimum Gasteiger partial charge on any atom is -0.369 e. The summed E-state index contributed by atoms with van der Waals surface area (Å²) in [5, 5.41) is 17.2. The number of halogens is 1. The fourth-order valence-corrected chi connectivity index (χ4v) is 4.66. The van der Waals surface area contributed by atoms with Gasteiger partial charge in [-0.05, 0) is 43.1 Å². The first-order valence-electron chi connectivity index (χ1n) is 8.91. The molecule has 0 spiro atoms. The number of rotatable bonds is 5. The van der Waals surface area contributed by atoms with Crippen LogP contribution < -0.4 is 16.4 Å². The van der Waals surface area contributed by atoms with Crippen LogP contribution in [0.1, 0.15) is 18.5 Å². The summed E-state index contributed by atoms with van der Waals surface area (Å²) in [6, 6.07) is 10.1. The molecule has 140 valence electrons. The Hall–Kier alpha value is -2.22. The van der Waals surface area contributed by atoms with E-state index in [1.807, 2.05) is 24.3 Å². The lowest BCUT2D eigenvalue weighted by molar-refractivity contribution is -0.117. The molecule has 1 aliphatic rings. The summed E-state index contributed by atoms with van der Waals surface area (Å²) in [6.45, 7) is 1.95. The number of nitrogens with one attached hydrogen (secondary N) is 2. The van der Waals surface area contributed by atoms with E-state index in [9.17, 15) is 4.79 Å². The maximum absolute atomic E-state index is 11.5. The number of fused-ring (bicyclic) bond motifs is 1. The maximum atomic E-state index is 11.5. The van der Waals surface area contributed by atoms with Crippen LogP contribution in [0.15, 0.2) is 30.3 Å². The Morgan fingerprint density at radius 3 is 3.00 bits per heavy atom. The number of thiophene rings is 1. The minimum absolute atomic E-state index is 0.0737. The molecule has 8 heteroatoms. The van der Waals surface area contributed by atoms with E-state index in [2.05, 4.69) is 26.9 Å². The second-order valence-corrected chi connectivity index (χ2v) is 8.18. The van der Waals surface area contributed by atoms with E-state index in [-0.39, 0.29) is 6.42 Å². The van der Waals surface area contributed by atoms with Crippen LogP contribution in [0.4, 0.5) is 5.82 Å². The molecule has 0 saturated carbocycles. The third kappa shape index (κ3) is 4.05. The molecule has 1 fully saturated rings. The monoisotopic (exact) mass is 401 g/mol. The molecule has 1 unspecified atom stereocenters. The van der Waals surface area contributed by atoms with Gasteiger partial charge < -0.3 is 16.4 Å². The highest BCUT2D eigenvalue weighted by molar-refractivity contribution is 7.22. The SMILES string of the molecule is NC(=O)Cc1nnc(NC2CCCNC2)c2cc(-c3cccc(Cl)c3)sc12. The molecule has 1 atom stereocenters. The number of benzene rings is 1. The van der Waals surface area contributed by atoms with Gasteiger partial charge in [0.1, 0.15) is 0 Å². The average Bonchev–Trinajstić information content (AvgIpc) is 3.10. The molecule has 4 N–H and O–H groups in total. The molecular formula is C19H20ClN5OS. The molecule has 1 saturated heterocycles. The van der Waals surface area contributed by atoms with Gasteiger partial charge in [-0.2, -0.15) is 5.10 Å². The van der Waals surface area contributed by atoms with Gasteiger partial charge in [-0.1, -0.05) is 23.7 Å². The van der Waals surface area contributed by atoms with E-state index in [1.165, 1.54) is 0 Å². The van der Waals surface area contributed by atoms with Crippen LogP contribution in [0.25, 0.3) is 20.5 Å². The molecule has 1 amide bonds. The molecule has 0 aliphatic carbocycles. The predicted octanol–water partition coefficient (Wildman–Crippen LogP) is 3.20. The van der Waals surface area contributed by atoms with Crippen LogP contribution in [0.5, 0.6) is 0 Å². The van der Waals surface area contributed by atoms with Crippen LogP contribution in [-0.2, 0) is 11.2 Å². The number of nitrogens with zero attached hydrogens (tertiary/aromatic N) is 2. The lowest BCUT2D eigenvalue weighted by Crippen LogP contribution is -2.38. The highest BCUT2D eigenvalue weighted by atomic mass is 35.5. The van der Waals surface area contributed by atoms with Crippen LogP contribution in [0, 0.1) is 0 Å². The third-order valence-corrected chi connectivity index (χ3v) is 6.08. The number of nitrogens with two attached hydrogens (primary N) is 1. The first kappa shape index (κ1) is 18.2. The zero-order chi connectivity index (χ0) is 18.8. The smallest absolute Gasteiger partial charge is 0.223 e. The van der Waals surface area contributed by atoms with Crippen LogP contribution in [0.2, 0.25) is 5.02 Å². The lowest BCUT2D eigenvalue weighted by Gasteiger charge is -2.24. The van der Waals surface area contributed by atoms with Crippen LogP contribution in [-0.4, -0.2) is 35.2 Å². The third-order valence-electron chi connectivity index (χ3n) is 4.61. The summed E-state index contributed by atoms with van der Waals surface area (Å²) in [6.07, 6.45) is 2.29. The fourth-order valence-electron chi connectivity index (χ4n) is 3.33. The minimum atomic E-state index is -0.416. The summed E-state index contributed by atoms with van der Waals surface area (Å²) < 4.78 is 0.935. The van der Waals surface area contributed by atoms with Crippen molar-refractivity contribution in [3.8, 4) is 10.4 Å². The zero-order valence-corrected chi connectivity index (χ0v) is 16.2. The number of carbonyl (C=O) groups is 1. The number of aromatic nitrogens is 2. The second kappa shape index (κ2) is 7.80. The molecule has 0 bridgehead atoms. The van der Waals surface area contributed by atoms with Gasteiger partial charge in [0, 0.05) is 27.9 Å². The van der Waals surface area contributed by atoms with Gasteiger partial charge in [0.05, 0.1) is 16.8 Å². The Balaban J connectivity index is 1.78. The molecule has 3 heterocycles. The van der Waals surface area contributed by atoms with Gasteiger partial charge >= 0.3 is 0 Å². The first-order valence-corrected chi connectivity index (χ1v) is 10.1. The summed E-state index contributed by atoms with van der Waals surface area (Å²) in [4.78, 5) is 12.5. The average molecular weight is 402 g/mol. The molecule has 3 aromatic rings. The Kier molecular flexibility index (Phi) is 5.24. The Labute approximate surface area is 166 Å². The van der Waals surface area contributed by atoms with Gasteiger partial charge in [0.15, 0.2) is 5.82 Å². The number of anilines is 1. The van der Waals surface area contributed by atoms with Gasteiger partial charge in [-0.15, -0.1) is 16.4 Å². The number of amides is 1. The quantitative estimate of drug-likeness (QED) is 0.610. The van der Waals surface area contributed by atoms with Crippen molar-refractivity contribution >= 4 is 44.7 Å². The van der Waals surface area contributed by atoms with Gasteiger partial charge in [0.2, 0.25) is 5.91 Å². The molecule has 6 nitrogen and oxygen atoms in total. The summed E-state index contributed by atoms with van der Waals surface area (Å²) in [7, 11) is 0. The number of hydrogen-bond acceptors (Lipinski definition) is 6. The summed E-state index contributed by atoms with van der Waals surface area (Å²) >= 11 is 7.73. The highest BCUT2D eigenvalue weighted by Crippen LogP contribution is 2.38. The van der Waals surface area contributed by atoms with E-state index >= 15 is 0 Å². The van der Waals surface area contributed by atoms with Crippen LogP contribution in [0.3, 0.4) is 0 Å². The van der Waals surface area contributed by atoms with Crippen molar-refractivity contribution < 1.29 is 4.79 Å². The van der Waals surface area contributed by atoms with Crippen molar-refractivity contribution in [3.63, 3.8) is 0 Å². The normalized spacial score (nSPS) is 17.1. The first-order chi connectivity index (χ1) is 13.1. The van der Waals surface area contributed by atoms with Gasteiger partial charge in [-0.3, -0.25) is 4.79 Å². The van der Waals surface area contributed by atoms with Crippen molar-refractivity contribution in [1.29, 1.82) is 0 Å². The fraction of sp³-hybridized carbons (Fsp3) is 0.316. The number of piperidine rings is 1. The maximum Gasteiger partial charge on any atom is 0.223 e. The van der Waals surface area contributed by atoms with Gasteiger partial charge in [0.25, 0.3) is 0 Å². The molecule has 4 rings (SSSR count). The van der Waals surface area contributed by atoms with Crippen molar-refractivity contribution in [2.75, 3.05) is 18.4 Å².